The third-order valence-corrected chi connectivity index (χ3v) is 2.71. The van der Waals surface area contributed by atoms with Crippen LogP contribution in [0.4, 0.5) is 10.5 Å². The Kier molecular flexibility index (Phi) is 5.10. The van der Waals surface area contributed by atoms with Crippen LogP contribution in [0.15, 0.2) is 24.3 Å². The zero-order valence-electron chi connectivity index (χ0n) is 12.0. The first-order valence-electron chi connectivity index (χ1n) is 6.44. The molecule has 0 unspecified atom stereocenters. The summed E-state index contributed by atoms with van der Waals surface area (Å²) in [4.78, 5) is 22.7. The second-order valence-corrected chi connectivity index (χ2v) is 5.83. The van der Waals surface area contributed by atoms with Crippen molar-refractivity contribution >= 4 is 17.5 Å². The van der Waals surface area contributed by atoms with Crippen molar-refractivity contribution in [2.24, 2.45) is 5.41 Å². The molecule has 1 aromatic carbocycles. The zero-order chi connectivity index (χ0) is 14.5. The number of carbonyl (C=O) groups is 2. The van der Waals surface area contributed by atoms with Crippen LogP contribution in [0.5, 0.6) is 0 Å². The molecule has 1 rings (SSSR count). The fourth-order valence-corrected chi connectivity index (χ4v) is 1.51. The zero-order valence-corrected chi connectivity index (χ0v) is 12.0. The molecular weight excluding hydrogens is 240 g/mol. The van der Waals surface area contributed by atoms with E-state index in [-0.39, 0.29) is 17.2 Å². The van der Waals surface area contributed by atoms with E-state index in [4.69, 9.17) is 0 Å². The van der Waals surface area contributed by atoms with Crippen LogP contribution in [0.3, 0.4) is 0 Å². The number of hydrogen-bond donors (Lipinski definition) is 2. The van der Waals surface area contributed by atoms with Crippen LogP contribution in [-0.4, -0.2) is 18.4 Å². The Labute approximate surface area is 114 Å². The van der Waals surface area contributed by atoms with Crippen molar-refractivity contribution in [2.75, 3.05) is 11.9 Å². The molecule has 0 aromatic heterocycles. The van der Waals surface area contributed by atoms with Crippen molar-refractivity contribution in [1.29, 1.82) is 0 Å². The largest absolute Gasteiger partial charge is 0.338 e. The molecule has 0 radical (unpaired) electrons. The van der Waals surface area contributed by atoms with Gasteiger partial charge in [-0.15, -0.1) is 0 Å². The highest BCUT2D eigenvalue weighted by molar-refractivity contribution is 5.95. The van der Waals surface area contributed by atoms with Crippen molar-refractivity contribution in [2.45, 2.75) is 34.1 Å². The average molecular weight is 262 g/mol. The molecule has 104 valence electrons. The minimum absolute atomic E-state index is 0.0150. The molecule has 2 amide bonds. The second kappa shape index (κ2) is 6.36. The summed E-state index contributed by atoms with van der Waals surface area (Å²) in [6.07, 6.45) is 0.920. The Morgan fingerprint density at radius 3 is 2.16 bits per heavy atom. The van der Waals surface area contributed by atoms with Gasteiger partial charge in [-0.05, 0) is 43.0 Å². The van der Waals surface area contributed by atoms with Crippen LogP contribution in [0.1, 0.15) is 44.5 Å². The fourth-order valence-electron chi connectivity index (χ4n) is 1.51. The van der Waals surface area contributed by atoms with Crippen LogP contribution in [0, 0.1) is 5.41 Å². The molecule has 0 fully saturated rings. The number of benzene rings is 1. The highest BCUT2D eigenvalue weighted by Gasteiger charge is 2.10. The van der Waals surface area contributed by atoms with Gasteiger partial charge in [-0.3, -0.25) is 4.79 Å². The molecule has 0 aliphatic heterocycles. The lowest BCUT2D eigenvalue weighted by Gasteiger charge is -2.18. The topological polar surface area (TPSA) is 58.2 Å². The molecule has 0 saturated heterocycles. The van der Waals surface area contributed by atoms with Gasteiger partial charge in [-0.1, -0.05) is 20.8 Å². The molecule has 0 aliphatic carbocycles. The molecule has 0 bridgehead atoms. The monoisotopic (exact) mass is 262 g/mol. The van der Waals surface area contributed by atoms with Gasteiger partial charge >= 0.3 is 6.03 Å². The summed E-state index contributed by atoms with van der Waals surface area (Å²) in [5, 5.41) is 5.54. The van der Waals surface area contributed by atoms with Crippen LogP contribution >= 0.6 is 0 Å². The number of urea groups is 1. The first-order valence-corrected chi connectivity index (χ1v) is 6.44. The number of carbonyl (C=O) groups excluding carboxylic acids is 2. The minimum Gasteiger partial charge on any atom is -0.338 e. The van der Waals surface area contributed by atoms with Crippen molar-refractivity contribution in [3.63, 3.8) is 0 Å². The predicted molar refractivity (Wildman–Crippen MR) is 77.5 cm³/mol. The summed E-state index contributed by atoms with van der Waals surface area (Å²) in [7, 11) is 0. The molecule has 0 atom stereocenters. The molecule has 19 heavy (non-hydrogen) atoms. The average Bonchev–Trinajstić information content (AvgIpc) is 2.27. The normalized spacial score (nSPS) is 10.9. The van der Waals surface area contributed by atoms with Gasteiger partial charge in [0.05, 0.1) is 0 Å². The number of nitrogens with one attached hydrogen (secondary N) is 2. The lowest BCUT2D eigenvalue weighted by atomic mass is 9.92. The summed E-state index contributed by atoms with van der Waals surface area (Å²) in [5.41, 5.74) is 1.52. The van der Waals surface area contributed by atoms with Gasteiger partial charge in [-0.25, -0.2) is 4.79 Å². The summed E-state index contributed by atoms with van der Waals surface area (Å²) in [6.45, 7) is 8.55. The molecular formula is C15H22N2O2. The Bertz CT molecular complexity index is 444. The summed E-state index contributed by atoms with van der Waals surface area (Å²) in [6, 6.07) is 6.63. The lowest BCUT2D eigenvalue weighted by molar-refractivity contribution is 0.101. The minimum atomic E-state index is -0.222. The van der Waals surface area contributed by atoms with E-state index in [9.17, 15) is 9.59 Å². The maximum absolute atomic E-state index is 11.6. The number of rotatable bonds is 4. The maximum atomic E-state index is 11.6. The van der Waals surface area contributed by atoms with E-state index in [1.807, 2.05) is 0 Å². The van der Waals surface area contributed by atoms with Gasteiger partial charge < -0.3 is 10.6 Å². The Balaban J connectivity index is 2.42. The molecule has 0 spiro atoms. The van der Waals surface area contributed by atoms with Crippen LogP contribution < -0.4 is 10.6 Å². The highest BCUT2D eigenvalue weighted by atomic mass is 16.2. The SMILES string of the molecule is CC(=O)c1ccc(NC(=O)NCCC(C)(C)C)cc1. The van der Waals surface area contributed by atoms with Crippen LogP contribution in [-0.2, 0) is 0 Å². The fraction of sp³-hybridized carbons (Fsp3) is 0.467. The molecule has 4 nitrogen and oxygen atoms in total. The first kappa shape index (κ1) is 15.2. The van der Waals surface area contributed by atoms with Crippen LogP contribution in [0.2, 0.25) is 0 Å². The standard InChI is InChI=1S/C15H22N2O2/c1-11(18)12-5-7-13(8-6-12)17-14(19)16-10-9-15(2,3)4/h5-8H,9-10H2,1-4H3,(H2,16,17,19). The van der Waals surface area contributed by atoms with Gasteiger partial charge in [0.25, 0.3) is 0 Å². The van der Waals surface area contributed by atoms with Crippen molar-refractivity contribution in [1.82, 2.24) is 5.32 Å². The number of ketones is 1. The Morgan fingerprint density at radius 2 is 1.68 bits per heavy atom. The number of hydrogen-bond acceptors (Lipinski definition) is 2. The van der Waals surface area contributed by atoms with E-state index in [0.717, 1.165) is 6.42 Å². The molecule has 0 saturated carbocycles. The molecule has 0 heterocycles. The predicted octanol–water partition coefficient (Wildman–Crippen LogP) is 3.45. The van der Waals surface area contributed by atoms with E-state index in [1.165, 1.54) is 6.92 Å². The van der Waals surface area contributed by atoms with Gasteiger partial charge in [0.15, 0.2) is 5.78 Å². The van der Waals surface area contributed by atoms with Crippen LogP contribution in [0.25, 0.3) is 0 Å². The molecule has 4 heteroatoms. The third-order valence-electron chi connectivity index (χ3n) is 2.71. The third kappa shape index (κ3) is 6.04. The summed E-state index contributed by atoms with van der Waals surface area (Å²) < 4.78 is 0. The number of Topliss-reactive ketones (excluding diaryl/α,β-unsaturated/α-hetero) is 1. The van der Waals surface area contributed by atoms with Crippen molar-refractivity contribution in [3.05, 3.63) is 29.8 Å². The van der Waals surface area contributed by atoms with E-state index in [2.05, 4.69) is 31.4 Å². The van der Waals surface area contributed by atoms with Crippen molar-refractivity contribution < 1.29 is 9.59 Å². The Morgan fingerprint density at radius 1 is 1.11 bits per heavy atom. The van der Waals surface area contributed by atoms with Gasteiger partial charge in [0, 0.05) is 17.8 Å². The van der Waals surface area contributed by atoms with E-state index < -0.39 is 0 Å². The smallest absolute Gasteiger partial charge is 0.319 e. The lowest BCUT2D eigenvalue weighted by Crippen LogP contribution is -2.31. The number of amides is 2. The van der Waals surface area contributed by atoms with Gasteiger partial charge in [-0.2, -0.15) is 0 Å². The first-order chi connectivity index (χ1) is 8.78. The highest BCUT2D eigenvalue weighted by Crippen LogP contribution is 2.17. The number of anilines is 1. The van der Waals surface area contributed by atoms with Gasteiger partial charge in [0.1, 0.15) is 0 Å². The molecule has 2 N–H and O–H groups in total. The molecule has 0 aliphatic rings. The van der Waals surface area contributed by atoms with E-state index in [0.29, 0.717) is 17.8 Å². The summed E-state index contributed by atoms with van der Waals surface area (Å²) >= 11 is 0. The van der Waals surface area contributed by atoms with E-state index in [1.54, 1.807) is 24.3 Å². The van der Waals surface area contributed by atoms with Gasteiger partial charge in [0.2, 0.25) is 0 Å². The molecule has 1 aromatic rings. The quantitative estimate of drug-likeness (QED) is 0.816. The second-order valence-electron chi connectivity index (χ2n) is 5.83. The maximum Gasteiger partial charge on any atom is 0.319 e. The Hall–Kier alpha value is -1.84. The van der Waals surface area contributed by atoms with E-state index >= 15 is 0 Å². The van der Waals surface area contributed by atoms with Crippen molar-refractivity contribution in [3.8, 4) is 0 Å². The summed E-state index contributed by atoms with van der Waals surface area (Å²) in [5.74, 6) is 0.0150.